The molecule has 0 aromatic carbocycles. The third-order valence-electron chi connectivity index (χ3n) is 4.33. The lowest BCUT2D eigenvalue weighted by Crippen LogP contribution is -2.23. The average molecular weight is 234 g/mol. The third-order valence-corrected chi connectivity index (χ3v) is 4.33. The zero-order valence-corrected chi connectivity index (χ0v) is 10.2. The van der Waals surface area contributed by atoms with Gasteiger partial charge in [-0.1, -0.05) is 6.92 Å². The van der Waals surface area contributed by atoms with Crippen molar-refractivity contribution in [2.24, 2.45) is 5.92 Å². The molecule has 1 N–H and O–H groups in total. The van der Waals surface area contributed by atoms with Gasteiger partial charge in [0.05, 0.1) is 6.20 Å². The summed E-state index contributed by atoms with van der Waals surface area (Å²) in [5.41, 5.74) is 1.29. The van der Waals surface area contributed by atoms with Crippen LogP contribution in [-0.4, -0.2) is 17.6 Å². The lowest BCUT2D eigenvalue weighted by molar-refractivity contribution is 0.523. The number of nitrogens with zero attached hydrogens (tertiary/aromatic N) is 1. The summed E-state index contributed by atoms with van der Waals surface area (Å²) in [6.45, 7) is 3.31. The Labute approximate surface area is 102 Å². The maximum Gasteiger partial charge on any atom is 0.141 e. The van der Waals surface area contributed by atoms with E-state index < -0.39 is 0 Å². The van der Waals surface area contributed by atoms with Gasteiger partial charge < -0.3 is 5.32 Å². The summed E-state index contributed by atoms with van der Waals surface area (Å²) in [7, 11) is 0. The van der Waals surface area contributed by atoms with Gasteiger partial charge in [0.25, 0.3) is 0 Å². The number of aromatic nitrogens is 1. The van der Waals surface area contributed by atoms with Gasteiger partial charge >= 0.3 is 0 Å². The number of nitrogens with one attached hydrogen (secondary N) is 1. The van der Waals surface area contributed by atoms with Crippen molar-refractivity contribution in [3.63, 3.8) is 0 Å². The van der Waals surface area contributed by atoms with Crippen molar-refractivity contribution >= 4 is 0 Å². The van der Waals surface area contributed by atoms with Crippen LogP contribution in [0.5, 0.6) is 0 Å². The molecule has 3 rings (SSSR count). The van der Waals surface area contributed by atoms with Crippen LogP contribution in [0.25, 0.3) is 0 Å². The van der Waals surface area contributed by atoms with Gasteiger partial charge in [0, 0.05) is 17.2 Å². The van der Waals surface area contributed by atoms with Gasteiger partial charge in [-0.05, 0) is 50.3 Å². The number of rotatable bonds is 5. The Balaban J connectivity index is 1.68. The molecule has 2 aliphatic carbocycles. The summed E-state index contributed by atoms with van der Waals surface area (Å²) < 4.78 is 12.9. The molecule has 92 valence electrons. The summed E-state index contributed by atoms with van der Waals surface area (Å²) in [4.78, 5) is 4.27. The van der Waals surface area contributed by atoms with Gasteiger partial charge in [0.1, 0.15) is 5.82 Å². The van der Waals surface area contributed by atoms with E-state index in [0.717, 1.165) is 24.7 Å². The summed E-state index contributed by atoms with van der Waals surface area (Å²) in [5.74, 6) is 0.444. The van der Waals surface area contributed by atoms with E-state index in [1.54, 1.807) is 0 Å². The molecule has 3 heteroatoms. The standard InChI is InChI=1S/C14H19FN2/c1-2-14(13-6-3-11(15)9-17-13)7-10(14)8-16-12-4-5-12/h3,6,9-10,12,16H,2,4-5,7-8H2,1H3. The van der Waals surface area contributed by atoms with Crippen molar-refractivity contribution in [1.29, 1.82) is 0 Å². The number of hydrogen-bond acceptors (Lipinski definition) is 2. The van der Waals surface area contributed by atoms with Crippen LogP contribution in [0, 0.1) is 11.7 Å². The molecule has 2 saturated carbocycles. The molecule has 2 atom stereocenters. The van der Waals surface area contributed by atoms with Crippen molar-refractivity contribution in [1.82, 2.24) is 10.3 Å². The highest BCUT2D eigenvalue weighted by molar-refractivity contribution is 5.28. The second-order valence-electron chi connectivity index (χ2n) is 5.45. The Morgan fingerprint density at radius 2 is 2.29 bits per heavy atom. The summed E-state index contributed by atoms with van der Waals surface area (Å²) in [5, 5.41) is 3.59. The molecule has 1 heterocycles. The zero-order valence-electron chi connectivity index (χ0n) is 10.2. The largest absolute Gasteiger partial charge is 0.314 e. The van der Waals surface area contributed by atoms with Crippen molar-refractivity contribution in [2.45, 2.75) is 44.1 Å². The van der Waals surface area contributed by atoms with Crippen LogP contribution in [0.4, 0.5) is 4.39 Å². The summed E-state index contributed by atoms with van der Waals surface area (Å²) >= 11 is 0. The first kappa shape index (κ1) is 11.1. The molecule has 2 nitrogen and oxygen atoms in total. The Hall–Kier alpha value is -0.960. The highest BCUT2D eigenvalue weighted by atomic mass is 19.1. The van der Waals surface area contributed by atoms with Crippen molar-refractivity contribution < 1.29 is 4.39 Å². The van der Waals surface area contributed by atoms with Gasteiger partial charge in [0.2, 0.25) is 0 Å². The van der Waals surface area contributed by atoms with Crippen molar-refractivity contribution in [3.8, 4) is 0 Å². The Morgan fingerprint density at radius 3 is 2.88 bits per heavy atom. The van der Waals surface area contributed by atoms with E-state index in [1.165, 1.54) is 31.5 Å². The molecule has 0 saturated heterocycles. The van der Waals surface area contributed by atoms with Crippen LogP contribution < -0.4 is 5.32 Å². The molecule has 2 fully saturated rings. The van der Waals surface area contributed by atoms with E-state index in [4.69, 9.17) is 0 Å². The first-order valence-electron chi connectivity index (χ1n) is 6.60. The van der Waals surface area contributed by atoms with E-state index >= 15 is 0 Å². The molecular weight excluding hydrogens is 215 g/mol. The first-order valence-corrected chi connectivity index (χ1v) is 6.60. The molecule has 0 amide bonds. The fraction of sp³-hybridized carbons (Fsp3) is 0.643. The monoisotopic (exact) mass is 234 g/mol. The molecular formula is C14H19FN2. The van der Waals surface area contributed by atoms with E-state index in [1.807, 2.05) is 6.07 Å². The topological polar surface area (TPSA) is 24.9 Å². The normalized spacial score (nSPS) is 31.5. The summed E-state index contributed by atoms with van der Waals surface area (Å²) in [6.07, 6.45) is 6.31. The van der Waals surface area contributed by atoms with Gasteiger partial charge in [0.15, 0.2) is 0 Å². The third kappa shape index (κ3) is 2.08. The Morgan fingerprint density at radius 1 is 1.47 bits per heavy atom. The smallest absolute Gasteiger partial charge is 0.141 e. The van der Waals surface area contributed by atoms with Gasteiger partial charge in [-0.3, -0.25) is 4.98 Å². The Bertz CT molecular complexity index is 399. The molecule has 0 aliphatic heterocycles. The SMILES string of the molecule is CCC1(c2ccc(F)cn2)CC1CNC1CC1. The van der Waals surface area contributed by atoms with Crippen LogP contribution in [0.2, 0.25) is 0 Å². The molecule has 0 bridgehead atoms. The lowest BCUT2D eigenvalue weighted by Gasteiger charge is -2.15. The van der Waals surface area contributed by atoms with Gasteiger partial charge in [-0.15, -0.1) is 0 Å². The second kappa shape index (κ2) is 4.05. The maximum absolute atomic E-state index is 12.9. The molecule has 1 aromatic heterocycles. The van der Waals surface area contributed by atoms with E-state index in [-0.39, 0.29) is 11.2 Å². The first-order chi connectivity index (χ1) is 8.24. The van der Waals surface area contributed by atoms with Crippen LogP contribution in [0.1, 0.15) is 38.3 Å². The van der Waals surface area contributed by atoms with E-state index in [9.17, 15) is 4.39 Å². The number of halogens is 1. The van der Waals surface area contributed by atoms with E-state index in [2.05, 4.69) is 17.2 Å². The van der Waals surface area contributed by atoms with Crippen LogP contribution in [0.15, 0.2) is 18.3 Å². The molecule has 0 radical (unpaired) electrons. The minimum absolute atomic E-state index is 0.218. The highest BCUT2D eigenvalue weighted by Crippen LogP contribution is 2.55. The zero-order chi connectivity index (χ0) is 11.9. The molecule has 2 unspecified atom stereocenters. The maximum atomic E-state index is 12.9. The molecule has 2 aliphatic rings. The lowest BCUT2D eigenvalue weighted by atomic mass is 9.95. The molecule has 0 spiro atoms. The number of pyridine rings is 1. The predicted octanol–water partition coefficient (Wildman–Crippen LogP) is 2.64. The van der Waals surface area contributed by atoms with Crippen LogP contribution in [-0.2, 0) is 5.41 Å². The van der Waals surface area contributed by atoms with Crippen molar-refractivity contribution in [3.05, 3.63) is 29.8 Å². The highest BCUT2D eigenvalue weighted by Gasteiger charge is 2.54. The number of hydrogen-bond donors (Lipinski definition) is 1. The fourth-order valence-electron chi connectivity index (χ4n) is 2.84. The Kier molecular flexibility index (Phi) is 2.66. The minimum atomic E-state index is -0.242. The second-order valence-corrected chi connectivity index (χ2v) is 5.45. The quantitative estimate of drug-likeness (QED) is 0.847. The molecule has 1 aromatic rings. The fourth-order valence-corrected chi connectivity index (χ4v) is 2.84. The minimum Gasteiger partial charge on any atom is -0.314 e. The predicted molar refractivity (Wildman–Crippen MR) is 65.3 cm³/mol. The average Bonchev–Trinajstić information content (AvgIpc) is 3.23. The van der Waals surface area contributed by atoms with Crippen LogP contribution >= 0.6 is 0 Å². The van der Waals surface area contributed by atoms with Gasteiger partial charge in [-0.25, -0.2) is 4.39 Å². The van der Waals surface area contributed by atoms with Crippen molar-refractivity contribution in [2.75, 3.05) is 6.54 Å². The van der Waals surface area contributed by atoms with Gasteiger partial charge in [-0.2, -0.15) is 0 Å². The van der Waals surface area contributed by atoms with E-state index in [0.29, 0.717) is 5.92 Å². The molecule has 17 heavy (non-hydrogen) atoms. The van der Waals surface area contributed by atoms with Crippen LogP contribution in [0.3, 0.4) is 0 Å². The summed E-state index contributed by atoms with van der Waals surface area (Å²) in [6, 6.07) is 4.16.